The van der Waals surface area contributed by atoms with Crippen molar-refractivity contribution in [2.24, 2.45) is 0 Å². The lowest BCUT2D eigenvalue weighted by molar-refractivity contribution is -0.150. The maximum atomic E-state index is 12.1. The minimum atomic E-state index is -0.562. The Kier molecular flexibility index (Phi) is 12.1. The monoisotopic (exact) mass is 319 g/mol. The van der Waals surface area contributed by atoms with E-state index in [-0.39, 0.29) is 12.6 Å². The molecule has 0 rings (SSSR count). The number of ether oxygens (including phenoxy) is 1. The lowest BCUT2D eigenvalue weighted by Crippen LogP contribution is -2.50. The van der Waals surface area contributed by atoms with E-state index in [1.807, 2.05) is 25.6 Å². The molecule has 0 aliphatic heterocycles. The molecular weight excluding hydrogens is 286 g/mol. The van der Waals surface area contributed by atoms with E-state index in [1.165, 1.54) is 0 Å². The zero-order chi connectivity index (χ0) is 16.1. The first-order valence-electron chi connectivity index (χ1n) is 8.14. The molecule has 2 atom stereocenters. The topological polar surface area (TPSA) is 58.6 Å². The number of nitrogens with one attached hydrogen (secondary N) is 1. The van der Waals surface area contributed by atoms with Gasteiger partial charge >= 0.3 is 5.97 Å². The van der Waals surface area contributed by atoms with Crippen molar-refractivity contribution in [2.45, 2.75) is 70.6 Å². The van der Waals surface area contributed by atoms with E-state index in [0.717, 1.165) is 44.4 Å². The van der Waals surface area contributed by atoms with Gasteiger partial charge in [-0.3, -0.25) is 4.79 Å². The Bertz CT molecular complexity index is 276. The maximum Gasteiger partial charge on any atom is 0.326 e. The van der Waals surface area contributed by atoms with Crippen molar-refractivity contribution in [3.63, 3.8) is 0 Å². The quantitative estimate of drug-likeness (QED) is 0.404. The number of aliphatic hydroxyl groups excluding tert-OH is 1. The summed E-state index contributed by atoms with van der Waals surface area (Å²) in [6.07, 6.45) is 4.75. The van der Waals surface area contributed by atoms with Crippen LogP contribution in [0, 0.1) is 0 Å². The van der Waals surface area contributed by atoms with Crippen molar-refractivity contribution in [3.05, 3.63) is 0 Å². The summed E-state index contributed by atoms with van der Waals surface area (Å²) >= 11 is 1.89. The van der Waals surface area contributed by atoms with Crippen LogP contribution in [0.5, 0.6) is 0 Å². The average molecular weight is 320 g/mol. The number of hydrogen-bond acceptors (Lipinski definition) is 5. The van der Waals surface area contributed by atoms with Crippen molar-refractivity contribution in [2.75, 3.05) is 25.5 Å². The van der Waals surface area contributed by atoms with E-state index < -0.39 is 5.54 Å². The summed E-state index contributed by atoms with van der Waals surface area (Å²) in [6, 6.07) is 0. The first-order chi connectivity index (χ1) is 10.00. The molecule has 0 aromatic heterocycles. The van der Waals surface area contributed by atoms with Crippen molar-refractivity contribution in [1.29, 1.82) is 0 Å². The van der Waals surface area contributed by atoms with Crippen LogP contribution in [0.1, 0.15) is 59.8 Å². The SMILES string of the molecule is CCCNC(C)(CCCCSC(C)CCO)C(=O)OCC. The molecule has 0 saturated heterocycles. The van der Waals surface area contributed by atoms with E-state index in [1.54, 1.807) is 0 Å². The summed E-state index contributed by atoms with van der Waals surface area (Å²) in [5, 5.41) is 12.7. The fraction of sp³-hybridized carbons (Fsp3) is 0.938. The second-order valence-corrected chi connectivity index (χ2v) is 7.18. The molecule has 0 aromatic carbocycles. The number of hydrogen-bond donors (Lipinski definition) is 2. The molecule has 0 bridgehead atoms. The first kappa shape index (κ1) is 20.7. The molecule has 0 aliphatic carbocycles. The highest BCUT2D eigenvalue weighted by molar-refractivity contribution is 7.99. The van der Waals surface area contributed by atoms with Gasteiger partial charge < -0.3 is 15.2 Å². The number of unbranched alkanes of at least 4 members (excludes halogenated alkanes) is 1. The van der Waals surface area contributed by atoms with Crippen LogP contribution in [-0.4, -0.2) is 47.4 Å². The standard InChI is InChI=1S/C16H33NO3S/c1-5-11-17-16(4,15(19)20-6-2)10-7-8-13-21-14(3)9-12-18/h14,17-18H,5-13H2,1-4H3. The van der Waals surface area contributed by atoms with Crippen molar-refractivity contribution in [3.8, 4) is 0 Å². The summed E-state index contributed by atoms with van der Waals surface area (Å²) < 4.78 is 5.20. The first-order valence-corrected chi connectivity index (χ1v) is 9.19. The van der Waals surface area contributed by atoms with Crippen LogP contribution in [0.4, 0.5) is 0 Å². The average Bonchev–Trinajstić information content (AvgIpc) is 2.45. The second kappa shape index (κ2) is 12.3. The molecule has 0 aliphatic rings. The van der Waals surface area contributed by atoms with Crippen molar-refractivity contribution in [1.82, 2.24) is 5.32 Å². The molecule has 4 nitrogen and oxygen atoms in total. The zero-order valence-corrected chi connectivity index (χ0v) is 14.9. The minimum absolute atomic E-state index is 0.139. The van der Waals surface area contributed by atoms with Crippen LogP contribution in [0.25, 0.3) is 0 Å². The summed E-state index contributed by atoms with van der Waals surface area (Å²) in [6.45, 7) is 9.55. The Morgan fingerprint density at radius 1 is 1.38 bits per heavy atom. The normalized spacial score (nSPS) is 15.5. The van der Waals surface area contributed by atoms with E-state index >= 15 is 0 Å². The third-order valence-electron chi connectivity index (χ3n) is 3.50. The Morgan fingerprint density at radius 2 is 2.10 bits per heavy atom. The molecule has 0 saturated carbocycles. The minimum Gasteiger partial charge on any atom is -0.465 e. The molecule has 0 radical (unpaired) electrons. The molecule has 2 N–H and O–H groups in total. The molecular formula is C16H33NO3S. The van der Waals surface area contributed by atoms with Gasteiger partial charge in [0.25, 0.3) is 0 Å². The van der Waals surface area contributed by atoms with Gasteiger partial charge in [0.05, 0.1) is 6.61 Å². The van der Waals surface area contributed by atoms with Crippen LogP contribution in [0.2, 0.25) is 0 Å². The summed E-state index contributed by atoms with van der Waals surface area (Å²) in [4.78, 5) is 12.1. The van der Waals surface area contributed by atoms with Gasteiger partial charge in [-0.1, -0.05) is 20.3 Å². The Labute approximate surface area is 134 Å². The number of rotatable bonds is 13. The van der Waals surface area contributed by atoms with Gasteiger partial charge in [-0.2, -0.15) is 11.8 Å². The summed E-state index contributed by atoms with van der Waals surface area (Å²) in [7, 11) is 0. The molecule has 2 unspecified atom stereocenters. The zero-order valence-electron chi connectivity index (χ0n) is 14.1. The molecule has 0 spiro atoms. The van der Waals surface area contributed by atoms with E-state index in [9.17, 15) is 4.79 Å². The molecule has 0 amide bonds. The third kappa shape index (κ3) is 9.38. The van der Waals surface area contributed by atoms with Gasteiger partial charge in [0.1, 0.15) is 5.54 Å². The van der Waals surface area contributed by atoms with Crippen molar-refractivity contribution < 1.29 is 14.6 Å². The van der Waals surface area contributed by atoms with E-state index in [4.69, 9.17) is 9.84 Å². The highest BCUT2D eigenvalue weighted by atomic mass is 32.2. The third-order valence-corrected chi connectivity index (χ3v) is 4.83. The van der Waals surface area contributed by atoms with Gasteiger partial charge in [0, 0.05) is 11.9 Å². The fourth-order valence-corrected chi connectivity index (χ4v) is 3.13. The molecule has 0 aromatic rings. The lowest BCUT2D eigenvalue weighted by atomic mass is 9.95. The lowest BCUT2D eigenvalue weighted by Gasteiger charge is -2.28. The number of carbonyl (C=O) groups excluding carboxylic acids is 1. The number of aliphatic hydroxyl groups is 1. The van der Waals surface area contributed by atoms with Crippen molar-refractivity contribution >= 4 is 17.7 Å². The van der Waals surface area contributed by atoms with Crippen LogP contribution in [0.15, 0.2) is 0 Å². The fourth-order valence-electron chi connectivity index (χ4n) is 2.08. The highest BCUT2D eigenvalue weighted by Crippen LogP contribution is 2.20. The largest absolute Gasteiger partial charge is 0.465 e. The highest BCUT2D eigenvalue weighted by Gasteiger charge is 2.33. The molecule has 126 valence electrons. The summed E-state index contributed by atoms with van der Waals surface area (Å²) in [5.74, 6) is 0.938. The second-order valence-electron chi connectivity index (χ2n) is 5.63. The molecule has 0 heterocycles. The van der Waals surface area contributed by atoms with Gasteiger partial charge in [0.15, 0.2) is 0 Å². The smallest absolute Gasteiger partial charge is 0.326 e. The molecule has 5 heteroatoms. The van der Waals surface area contributed by atoms with Crippen LogP contribution >= 0.6 is 11.8 Å². The maximum absolute atomic E-state index is 12.1. The Morgan fingerprint density at radius 3 is 2.67 bits per heavy atom. The van der Waals surface area contributed by atoms with E-state index in [2.05, 4.69) is 19.2 Å². The Balaban J connectivity index is 4.09. The number of esters is 1. The van der Waals surface area contributed by atoms with Gasteiger partial charge in [-0.25, -0.2) is 0 Å². The molecule has 21 heavy (non-hydrogen) atoms. The summed E-state index contributed by atoms with van der Waals surface area (Å²) in [5.41, 5.74) is -0.562. The predicted molar refractivity (Wildman–Crippen MR) is 90.8 cm³/mol. The van der Waals surface area contributed by atoms with Crippen LogP contribution < -0.4 is 5.32 Å². The van der Waals surface area contributed by atoms with Gasteiger partial charge in [-0.05, 0) is 51.8 Å². The van der Waals surface area contributed by atoms with Crippen LogP contribution in [0.3, 0.4) is 0 Å². The van der Waals surface area contributed by atoms with Crippen LogP contribution in [-0.2, 0) is 9.53 Å². The Hall–Kier alpha value is -0.260. The number of thioether (sulfide) groups is 1. The molecule has 0 fully saturated rings. The predicted octanol–water partition coefficient (Wildman–Crippen LogP) is 2.98. The van der Waals surface area contributed by atoms with E-state index in [0.29, 0.717) is 11.9 Å². The van der Waals surface area contributed by atoms with Gasteiger partial charge in [-0.15, -0.1) is 0 Å². The number of carbonyl (C=O) groups is 1. The van der Waals surface area contributed by atoms with Gasteiger partial charge in [0.2, 0.25) is 0 Å².